The third-order valence-corrected chi connectivity index (χ3v) is 3.82. The molecule has 5 heteroatoms. The maximum absolute atomic E-state index is 5.30. The van der Waals surface area contributed by atoms with Crippen LogP contribution in [-0.4, -0.2) is 16.7 Å². The van der Waals surface area contributed by atoms with E-state index in [9.17, 15) is 0 Å². The van der Waals surface area contributed by atoms with E-state index in [2.05, 4.69) is 33.0 Å². The van der Waals surface area contributed by atoms with Crippen molar-refractivity contribution in [1.29, 1.82) is 0 Å². The fourth-order valence-electron chi connectivity index (χ4n) is 1.97. The van der Waals surface area contributed by atoms with Gasteiger partial charge in [0.2, 0.25) is 0 Å². The van der Waals surface area contributed by atoms with Crippen molar-refractivity contribution in [2.45, 2.75) is 13.0 Å². The first-order valence-electron chi connectivity index (χ1n) is 6.23. The van der Waals surface area contributed by atoms with Crippen molar-refractivity contribution in [3.05, 3.63) is 53.4 Å². The first kappa shape index (κ1) is 12.2. The second kappa shape index (κ2) is 5.86. The Morgan fingerprint density at radius 3 is 3.11 bits per heavy atom. The Morgan fingerprint density at radius 2 is 2.32 bits per heavy atom. The molecule has 0 atom stereocenters. The van der Waals surface area contributed by atoms with Gasteiger partial charge >= 0.3 is 0 Å². The maximum Gasteiger partial charge on any atom is 0.105 e. The predicted molar refractivity (Wildman–Crippen MR) is 76.0 cm³/mol. The molecular formula is C14H15N3OS. The summed E-state index contributed by atoms with van der Waals surface area (Å²) in [5.74, 6) is 1.01. The van der Waals surface area contributed by atoms with Crippen LogP contribution < -0.4 is 5.32 Å². The number of rotatable bonds is 6. The van der Waals surface area contributed by atoms with E-state index in [1.54, 1.807) is 17.6 Å². The molecule has 3 rings (SSSR count). The van der Waals surface area contributed by atoms with Crippen LogP contribution in [0.4, 0.5) is 0 Å². The monoisotopic (exact) mass is 273 g/mol. The van der Waals surface area contributed by atoms with Gasteiger partial charge in [-0.15, -0.1) is 11.3 Å². The lowest BCUT2D eigenvalue weighted by Gasteiger charge is -2.03. The van der Waals surface area contributed by atoms with Gasteiger partial charge in [-0.2, -0.15) is 5.10 Å². The second-order valence-corrected chi connectivity index (χ2v) is 5.20. The van der Waals surface area contributed by atoms with Crippen LogP contribution in [0.3, 0.4) is 0 Å². The lowest BCUT2D eigenvalue weighted by molar-refractivity contribution is 0.499. The molecule has 0 saturated heterocycles. The Bertz CT molecular complexity index is 598. The van der Waals surface area contributed by atoms with E-state index in [1.165, 1.54) is 10.4 Å². The molecular weight excluding hydrogens is 258 g/mol. The maximum atomic E-state index is 5.30. The second-order valence-electron chi connectivity index (χ2n) is 4.25. The summed E-state index contributed by atoms with van der Waals surface area (Å²) in [4.78, 5) is 1.22. The Hall–Kier alpha value is -1.85. The van der Waals surface area contributed by atoms with Crippen molar-refractivity contribution in [3.63, 3.8) is 0 Å². The standard InChI is InChI=1S/C14H15N3OS/c1-3-12(18-7-1)5-6-15-9-11-10-16-17-14(11)13-4-2-8-19-13/h1-4,7-8,10,15H,5-6,9H2,(H,16,17). The van der Waals surface area contributed by atoms with E-state index < -0.39 is 0 Å². The van der Waals surface area contributed by atoms with Crippen LogP contribution in [0, 0.1) is 0 Å². The Labute approximate surface area is 115 Å². The van der Waals surface area contributed by atoms with Gasteiger partial charge in [-0.05, 0) is 23.6 Å². The third kappa shape index (κ3) is 2.94. The molecule has 0 spiro atoms. The molecule has 0 radical (unpaired) electrons. The van der Waals surface area contributed by atoms with Gasteiger partial charge in [0.25, 0.3) is 0 Å². The number of nitrogens with zero attached hydrogens (tertiary/aromatic N) is 1. The largest absolute Gasteiger partial charge is 0.469 e. The molecule has 0 amide bonds. The number of hydrogen-bond donors (Lipinski definition) is 2. The molecule has 3 heterocycles. The highest BCUT2D eigenvalue weighted by Gasteiger charge is 2.07. The number of hydrogen-bond acceptors (Lipinski definition) is 4. The third-order valence-electron chi connectivity index (χ3n) is 2.93. The Kier molecular flexibility index (Phi) is 3.76. The van der Waals surface area contributed by atoms with Crippen LogP contribution in [0.2, 0.25) is 0 Å². The average molecular weight is 273 g/mol. The Balaban J connectivity index is 1.55. The van der Waals surface area contributed by atoms with E-state index in [1.807, 2.05) is 18.3 Å². The topological polar surface area (TPSA) is 53.9 Å². The molecule has 3 aromatic rings. The van der Waals surface area contributed by atoms with Gasteiger partial charge in [0.1, 0.15) is 5.76 Å². The molecule has 0 aliphatic carbocycles. The fraction of sp³-hybridized carbons (Fsp3) is 0.214. The Morgan fingerprint density at radius 1 is 1.32 bits per heavy atom. The molecule has 2 N–H and O–H groups in total. The average Bonchev–Trinajstić information content (AvgIpc) is 3.15. The minimum Gasteiger partial charge on any atom is -0.469 e. The number of furan rings is 1. The van der Waals surface area contributed by atoms with Gasteiger partial charge in [0.05, 0.1) is 23.0 Å². The summed E-state index contributed by atoms with van der Waals surface area (Å²) in [6, 6.07) is 8.07. The lowest BCUT2D eigenvalue weighted by Crippen LogP contribution is -2.16. The van der Waals surface area contributed by atoms with E-state index in [0.717, 1.165) is 31.0 Å². The zero-order valence-corrected chi connectivity index (χ0v) is 11.2. The number of H-pyrrole nitrogens is 1. The summed E-state index contributed by atoms with van der Waals surface area (Å²) in [6.45, 7) is 1.70. The quantitative estimate of drug-likeness (QED) is 0.679. The molecule has 0 unspecified atom stereocenters. The molecule has 0 aliphatic rings. The molecule has 0 saturated carbocycles. The number of aromatic amines is 1. The lowest BCUT2D eigenvalue weighted by atomic mass is 10.2. The van der Waals surface area contributed by atoms with Gasteiger partial charge in [-0.1, -0.05) is 6.07 Å². The molecule has 3 aromatic heterocycles. The van der Waals surface area contributed by atoms with Crippen molar-refractivity contribution in [3.8, 4) is 10.6 Å². The van der Waals surface area contributed by atoms with E-state index in [4.69, 9.17) is 4.42 Å². The van der Waals surface area contributed by atoms with Crippen LogP contribution in [0.15, 0.2) is 46.5 Å². The minimum absolute atomic E-state index is 0.810. The summed E-state index contributed by atoms with van der Waals surface area (Å²) >= 11 is 1.72. The first-order chi connectivity index (χ1) is 9.43. The molecule has 0 bridgehead atoms. The number of aromatic nitrogens is 2. The molecule has 0 aliphatic heterocycles. The van der Waals surface area contributed by atoms with Crippen LogP contribution >= 0.6 is 11.3 Å². The minimum atomic E-state index is 0.810. The van der Waals surface area contributed by atoms with Gasteiger partial charge in [-0.25, -0.2) is 0 Å². The molecule has 98 valence electrons. The highest BCUT2D eigenvalue weighted by atomic mass is 32.1. The number of thiophene rings is 1. The highest BCUT2D eigenvalue weighted by molar-refractivity contribution is 7.13. The molecule has 0 aromatic carbocycles. The van der Waals surface area contributed by atoms with Gasteiger partial charge in [-0.3, -0.25) is 5.10 Å². The van der Waals surface area contributed by atoms with Crippen molar-refractivity contribution in [2.75, 3.05) is 6.54 Å². The van der Waals surface area contributed by atoms with Gasteiger partial charge in [0.15, 0.2) is 0 Å². The summed E-state index contributed by atoms with van der Waals surface area (Å²) in [5, 5.41) is 12.7. The number of nitrogens with one attached hydrogen (secondary N) is 2. The zero-order valence-electron chi connectivity index (χ0n) is 10.4. The summed E-state index contributed by atoms with van der Waals surface area (Å²) in [7, 11) is 0. The van der Waals surface area contributed by atoms with Crippen molar-refractivity contribution in [1.82, 2.24) is 15.5 Å². The summed E-state index contributed by atoms with van der Waals surface area (Å²) < 4.78 is 5.30. The summed E-state index contributed by atoms with van der Waals surface area (Å²) in [6.07, 6.45) is 4.49. The first-order valence-corrected chi connectivity index (χ1v) is 7.10. The predicted octanol–water partition coefficient (Wildman–Crippen LogP) is 3.06. The van der Waals surface area contributed by atoms with Crippen molar-refractivity contribution >= 4 is 11.3 Å². The fourth-order valence-corrected chi connectivity index (χ4v) is 2.72. The van der Waals surface area contributed by atoms with Gasteiger partial charge in [0, 0.05) is 25.1 Å². The SMILES string of the molecule is c1coc(CCNCc2cn[nH]c2-c2cccs2)c1. The molecule has 19 heavy (non-hydrogen) atoms. The van der Waals surface area contributed by atoms with Gasteiger partial charge < -0.3 is 9.73 Å². The van der Waals surface area contributed by atoms with Crippen molar-refractivity contribution < 1.29 is 4.42 Å². The smallest absolute Gasteiger partial charge is 0.105 e. The zero-order chi connectivity index (χ0) is 12.9. The highest BCUT2D eigenvalue weighted by Crippen LogP contribution is 2.25. The van der Waals surface area contributed by atoms with Crippen LogP contribution in [0.25, 0.3) is 10.6 Å². The van der Waals surface area contributed by atoms with Crippen LogP contribution in [-0.2, 0) is 13.0 Å². The van der Waals surface area contributed by atoms with Crippen LogP contribution in [0.5, 0.6) is 0 Å². The van der Waals surface area contributed by atoms with Crippen LogP contribution in [0.1, 0.15) is 11.3 Å². The normalized spacial score (nSPS) is 10.9. The van der Waals surface area contributed by atoms with E-state index >= 15 is 0 Å². The molecule has 4 nitrogen and oxygen atoms in total. The summed E-state index contributed by atoms with van der Waals surface area (Å²) in [5.41, 5.74) is 2.31. The van der Waals surface area contributed by atoms with Crippen molar-refractivity contribution in [2.24, 2.45) is 0 Å². The molecule has 0 fully saturated rings. The van der Waals surface area contributed by atoms with E-state index in [-0.39, 0.29) is 0 Å². The van der Waals surface area contributed by atoms with E-state index in [0.29, 0.717) is 0 Å².